The molecule has 0 aromatic heterocycles. The molecule has 2 atom stereocenters. The Morgan fingerprint density at radius 3 is 2.84 bits per heavy atom. The molecule has 0 saturated heterocycles. The van der Waals surface area contributed by atoms with E-state index < -0.39 is 0 Å². The van der Waals surface area contributed by atoms with Crippen molar-refractivity contribution < 1.29 is 4.79 Å². The Labute approximate surface area is 124 Å². The third-order valence-electron chi connectivity index (χ3n) is 4.01. The third-order valence-corrected chi connectivity index (χ3v) is 4.47. The monoisotopic (exact) mass is 323 g/mol. The van der Waals surface area contributed by atoms with E-state index in [2.05, 4.69) is 52.4 Å². The number of carbonyl (C=O) groups is 1. The van der Waals surface area contributed by atoms with Crippen LogP contribution in [-0.4, -0.2) is 17.3 Å². The Bertz CT molecular complexity index is 433. The molecule has 1 N–H and O–H groups in total. The molecule has 0 bridgehead atoms. The third kappa shape index (κ3) is 3.82. The number of amides is 1. The van der Waals surface area contributed by atoms with Crippen LogP contribution in [0.5, 0.6) is 0 Å². The fourth-order valence-corrected chi connectivity index (χ4v) is 3.30. The zero-order valence-electron chi connectivity index (χ0n) is 11.5. The standard InChI is InChI=1S/C16H22BrNO/c1-2-15(9-10-17)18-16(19)14-8-7-12-5-3-4-6-13(12)11-14/h3-6,14-15H,2,7-11H2,1H3,(H,18,19). The lowest BCUT2D eigenvalue weighted by Gasteiger charge is -2.26. The van der Waals surface area contributed by atoms with Gasteiger partial charge in [0.1, 0.15) is 0 Å². The van der Waals surface area contributed by atoms with Gasteiger partial charge in [0.15, 0.2) is 0 Å². The maximum atomic E-state index is 12.3. The minimum absolute atomic E-state index is 0.152. The Morgan fingerprint density at radius 2 is 2.16 bits per heavy atom. The number of nitrogens with one attached hydrogen (secondary N) is 1. The van der Waals surface area contributed by atoms with Gasteiger partial charge in [0.05, 0.1) is 0 Å². The zero-order chi connectivity index (χ0) is 13.7. The first-order valence-electron chi connectivity index (χ1n) is 7.17. The SMILES string of the molecule is CCC(CCBr)NC(=O)C1CCc2ccccc2C1. The average molecular weight is 324 g/mol. The molecule has 104 valence electrons. The molecule has 1 aromatic rings. The van der Waals surface area contributed by atoms with E-state index in [0.717, 1.165) is 37.4 Å². The topological polar surface area (TPSA) is 29.1 Å². The Kier molecular flexibility index (Phi) is 5.44. The van der Waals surface area contributed by atoms with Crippen molar-refractivity contribution in [2.24, 2.45) is 5.92 Å². The second-order valence-corrected chi connectivity index (χ2v) is 6.09. The van der Waals surface area contributed by atoms with E-state index in [1.54, 1.807) is 0 Å². The van der Waals surface area contributed by atoms with E-state index in [4.69, 9.17) is 0 Å². The highest BCUT2D eigenvalue weighted by atomic mass is 79.9. The first-order valence-corrected chi connectivity index (χ1v) is 8.29. The van der Waals surface area contributed by atoms with Gasteiger partial charge in [-0.15, -0.1) is 0 Å². The van der Waals surface area contributed by atoms with Crippen LogP contribution >= 0.6 is 15.9 Å². The maximum Gasteiger partial charge on any atom is 0.223 e. The molecule has 1 aliphatic rings. The lowest BCUT2D eigenvalue weighted by molar-refractivity contribution is -0.126. The number of fused-ring (bicyclic) bond motifs is 1. The molecular formula is C16H22BrNO. The van der Waals surface area contributed by atoms with Crippen LogP contribution in [0.15, 0.2) is 24.3 Å². The number of alkyl halides is 1. The Hall–Kier alpha value is -0.830. The molecule has 1 amide bonds. The van der Waals surface area contributed by atoms with Crippen molar-refractivity contribution in [2.75, 3.05) is 5.33 Å². The van der Waals surface area contributed by atoms with Gasteiger partial charge < -0.3 is 5.32 Å². The molecule has 0 radical (unpaired) electrons. The molecule has 2 nitrogen and oxygen atoms in total. The lowest BCUT2D eigenvalue weighted by atomic mass is 9.83. The van der Waals surface area contributed by atoms with Gasteiger partial charge in [-0.2, -0.15) is 0 Å². The highest BCUT2D eigenvalue weighted by Gasteiger charge is 2.25. The number of benzene rings is 1. The summed E-state index contributed by atoms with van der Waals surface area (Å²) in [7, 11) is 0. The predicted molar refractivity (Wildman–Crippen MR) is 82.6 cm³/mol. The molecule has 0 heterocycles. The van der Waals surface area contributed by atoms with E-state index >= 15 is 0 Å². The van der Waals surface area contributed by atoms with Crippen molar-refractivity contribution >= 4 is 21.8 Å². The van der Waals surface area contributed by atoms with Crippen molar-refractivity contribution in [1.29, 1.82) is 0 Å². The van der Waals surface area contributed by atoms with Crippen molar-refractivity contribution in [3.8, 4) is 0 Å². The van der Waals surface area contributed by atoms with Crippen molar-refractivity contribution in [1.82, 2.24) is 5.32 Å². The smallest absolute Gasteiger partial charge is 0.223 e. The lowest BCUT2D eigenvalue weighted by Crippen LogP contribution is -2.40. The van der Waals surface area contributed by atoms with E-state index in [1.807, 2.05) is 0 Å². The van der Waals surface area contributed by atoms with E-state index in [-0.39, 0.29) is 11.8 Å². The quantitative estimate of drug-likeness (QED) is 0.826. The maximum absolute atomic E-state index is 12.3. The molecule has 19 heavy (non-hydrogen) atoms. The molecule has 0 spiro atoms. The minimum Gasteiger partial charge on any atom is -0.353 e. The Balaban J connectivity index is 1.95. The van der Waals surface area contributed by atoms with Gasteiger partial charge >= 0.3 is 0 Å². The number of aryl methyl sites for hydroxylation is 1. The van der Waals surface area contributed by atoms with Gasteiger partial charge in [0, 0.05) is 17.3 Å². The minimum atomic E-state index is 0.152. The van der Waals surface area contributed by atoms with Crippen LogP contribution in [0, 0.1) is 5.92 Å². The van der Waals surface area contributed by atoms with E-state index in [9.17, 15) is 4.79 Å². The molecular weight excluding hydrogens is 302 g/mol. The molecule has 2 rings (SSSR count). The fraction of sp³-hybridized carbons (Fsp3) is 0.562. The average Bonchev–Trinajstić information content (AvgIpc) is 2.46. The molecule has 0 fully saturated rings. The summed E-state index contributed by atoms with van der Waals surface area (Å²) >= 11 is 3.45. The zero-order valence-corrected chi connectivity index (χ0v) is 13.1. The van der Waals surface area contributed by atoms with Gasteiger partial charge in [-0.1, -0.05) is 47.1 Å². The van der Waals surface area contributed by atoms with Gasteiger partial charge in [-0.25, -0.2) is 0 Å². The van der Waals surface area contributed by atoms with E-state index in [1.165, 1.54) is 11.1 Å². The summed E-state index contributed by atoms with van der Waals surface area (Å²) in [5.74, 6) is 0.390. The van der Waals surface area contributed by atoms with Gasteiger partial charge in [-0.05, 0) is 43.2 Å². The number of hydrogen-bond donors (Lipinski definition) is 1. The molecule has 3 heteroatoms. The summed E-state index contributed by atoms with van der Waals surface area (Å²) in [5.41, 5.74) is 2.77. The number of hydrogen-bond acceptors (Lipinski definition) is 1. The van der Waals surface area contributed by atoms with Gasteiger partial charge in [0.2, 0.25) is 5.91 Å². The van der Waals surface area contributed by atoms with Crippen LogP contribution < -0.4 is 5.32 Å². The highest BCUT2D eigenvalue weighted by Crippen LogP contribution is 2.25. The van der Waals surface area contributed by atoms with Crippen molar-refractivity contribution in [3.05, 3.63) is 35.4 Å². The largest absolute Gasteiger partial charge is 0.353 e. The van der Waals surface area contributed by atoms with Crippen LogP contribution in [0.25, 0.3) is 0 Å². The van der Waals surface area contributed by atoms with Crippen molar-refractivity contribution in [2.45, 2.75) is 45.1 Å². The summed E-state index contributed by atoms with van der Waals surface area (Å²) in [6.07, 6.45) is 4.91. The number of carbonyl (C=O) groups excluding carboxylic acids is 1. The summed E-state index contributed by atoms with van der Waals surface area (Å²) in [6.45, 7) is 2.13. The highest BCUT2D eigenvalue weighted by molar-refractivity contribution is 9.09. The molecule has 2 unspecified atom stereocenters. The first-order chi connectivity index (χ1) is 9.24. The molecule has 0 saturated carbocycles. The van der Waals surface area contributed by atoms with Crippen LogP contribution in [0.3, 0.4) is 0 Å². The second kappa shape index (κ2) is 7.09. The second-order valence-electron chi connectivity index (χ2n) is 5.30. The molecule has 1 aliphatic carbocycles. The molecule has 1 aromatic carbocycles. The Morgan fingerprint density at radius 1 is 1.42 bits per heavy atom. The summed E-state index contributed by atoms with van der Waals surface area (Å²) < 4.78 is 0. The normalized spacial score (nSPS) is 19.6. The summed E-state index contributed by atoms with van der Waals surface area (Å²) in [5, 5.41) is 4.14. The van der Waals surface area contributed by atoms with Gasteiger partial charge in [-0.3, -0.25) is 4.79 Å². The van der Waals surface area contributed by atoms with Gasteiger partial charge in [0.25, 0.3) is 0 Å². The van der Waals surface area contributed by atoms with Crippen LogP contribution in [0.1, 0.15) is 37.3 Å². The van der Waals surface area contributed by atoms with Crippen LogP contribution in [0.4, 0.5) is 0 Å². The number of halogens is 1. The first kappa shape index (κ1) is 14.6. The fourth-order valence-electron chi connectivity index (χ4n) is 2.75. The van der Waals surface area contributed by atoms with Crippen molar-refractivity contribution in [3.63, 3.8) is 0 Å². The van der Waals surface area contributed by atoms with E-state index in [0.29, 0.717) is 6.04 Å². The van der Waals surface area contributed by atoms with Crippen LogP contribution in [-0.2, 0) is 17.6 Å². The predicted octanol–water partition coefficient (Wildman–Crippen LogP) is 3.47. The summed E-state index contributed by atoms with van der Waals surface area (Å²) in [4.78, 5) is 12.3. The number of rotatable bonds is 5. The summed E-state index contributed by atoms with van der Waals surface area (Å²) in [6, 6.07) is 8.80. The van der Waals surface area contributed by atoms with Crippen LogP contribution in [0.2, 0.25) is 0 Å². The molecule has 0 aliphatic heterocycles.